The first-order valence-corrected chi connectivity index (χ1v) is 8.35. The van der Waals surface area contributed by atoms with E-state index in [2.05, 4.69) is 29.0 Å². The van der Waals surface area contributed by atoms with Crippen LogP contribution in [-0.4, -0.2) is 37.2 Å². The van der Waals surface area contributed by atoms with E-state index in [1.54, 1.807) is 6.07 Å². The molecule has 1 saturated heterocycles. The molecule has 1 aromatic heterocycles. The third kappa shape index (κ3) is 3.74. The number of rotatable bonds is 4. The molecule has 0 saturated carbocycles. The number of aromatic nitrogens is 1. The molecule has 0 bridgehead atoms. The molecule has 2 aromatic rings. The Balaban J connectivity index is 1.78. The number of hydrogen-bond acceptors (Lipinski definition) is 4. The van der Waals surface area contributed by atoms with Gasteiger partial charge in [0, 0.05) is 18.8 Å². The molecule has 5 heteroatoms. The second kappa shape index (κ2) is 7.45. The highest BCUT2D eigenvalue weighted by Crippen LogP contribution is 2.24. The summed E-state index contributed by atoms with van der Waals surface area (Å²) in [6.45, 7) is 7.22. The fraction of sp³-hybridized carbons (Fsp3) is 0.368. The average molecular weight is 325 g/mol. The molecule has 5 nitrogen and oxygen atoms in total. The summed E-state index contributed by atoms with van der Waals surface area (Å²) in [4.78, 5) is 19.3. The highest BCUT2D eigenvalue weighted by atomic mass is 16.5. The average Bonchev–Trinajstić information content (AvgIpc) is 2.63. The van der Waals surface area contributed by atoms with Crippen molar-refractivity contribution in [3.63, 3.8) is 0 Å². The lowest BCUT2D eigenvalue weighted by molar-refractivity contribution is 0.102. The van der Waals surface area contributed by atoms with E-state index in [1.807, 2.05) is 36.4 Å². The smallest absolute Gasteiger partial charge is 0.274 e. The lowest BCUT2D eigenvalue weighted by Crippen LogP contribution is -2.37. The fourth-order valence-corrected chi connectivity index (χ4v) is 2.82. The molecule has 1 aromatic carbocycles. The maximum atomic E-state index is 12.6. The number of nitrogens with one attached hydrogen (secondary N) is 1. The predicted octanol–water partition coefficient (Wildman–Crippen LogP) is 3.29. The minimum atomic E-state index is -0.182. The van der Waals surface area contributed by atoms with Gasteiger partial charge in [-0.25, -0.2) is 4.98 Å². The quantitative estimate of drug-likeness (QED) is 0.937. The summed E-state index contributed by atoms with van der Waals surface area (Å²) in [6, 6.07) is 13.4. The zero-order chi connectivity index (χ0) is 16.9. The molecule has 2 heterocycles. The summed E-state index contributed by atoms with van der Waals surface area (Å²) in [5.74, 6) is 0.982. The minimum absolute atomic E-state index is 0.182. The van der Waals surface area contributed by atoms with E-state index in [1.165, 1.54) is 0 Å². The SMILES string of the molecule is CC(C)c1ccccc1NC(=O)c1cccc(N2CCOCC2)n1. The van der Waals surface area contributed by atoms with Crippen molar-refractivity contribution in [1.29, 1.82) is 0 Å². The maximum absolute atomic E-state index is 12.6. The normalized spacial score (nSPS) is 14.7. The molecule has 0 aliphatic carbocycles. The van der Waals surface area contributed by atoms with Crippen LogP contribution in [0.15, 0.2) is 42.5 Å². The predicted molar refractivity (Wildman–Crippen MR) is 95.8 cm³/mol. The van der Waals surface area contributed by atoms with E-state index >= 15 is 0 Å². The van der Waals surface area contributed by atoms with Gasteiger partial charge in [0.15, 0.2) is 0 Å². The lowest BCUT2D eigenvalue weighted by Gasteiger charge is -2.27. The molecule has 0 radical (unpaired) electrons. The van der Waals surface area contributed by atoms with E-state index < -0.39 is 0 Å². The summed E-state index contributed by atoms with van der Waals surface area (Å²) in [6.07, 6.45) is 0. The first-order valence-electron chi connectivity index (χ1n) is 8.35. The number of ether oxygens (including phenoxy) is 1. The highest BCUT2D eigenvalue weighted by molar-refractivity contribution is 6.03. The number of carbonyl (C=O) groups is 1. The molecule has 1 N–H and O–H groups in total. The van der Waals surface area contributed by atoms with Crippen LogP contribution < -0.4 is 10.2 Å². The second-order valence-electron chi connectivity index (χ2n) is 6.18. The van der Waals surface area contributed by atoms with Crippen LogP contribution in [0.2, 0.25) is 0 Å². The van der Waals surface area contributed by atoms with Crippen LogP contribution in [0.4, 0.5) is 11.5 Å². The minimum Gasteiger partial charge on any atom is -0.378 e. The van der Waals surface area contributed by atoms with E-state index in [0.29, 0.717) is 24.8 Å². The molecule has 0 unspecified atom stereocenters. The topological polar surface area (TPSA) is 54.5 Å². The number of pyridine rings is 1. The van der Waals surface area contributed by atoms with Crippen molar-refractivity contribution < 1.29 is 9.53 Å². The Kier molecular flexibility index (Phi) is 5.11. The summed E-state index contributed by atoms with van der Waals surface area (Å²) < 4.78 is 5.36. The molecule has 1 aliphatic rings. The van der Waals surface area contributed by atoms with Crippen molar-refractivity contribution in [2.24, 2.45) is 0 Å². The Morgan fingerprint density at radius 1 is 1.12 bits per heavy atom. The molecule has 3 rings (SSSR count). The van der Waals surface area contributed by atoms with E-state index in [0.717, 1.165) is 30.2 Å². The number of morpholine rings is 1. The first-order chi connectivity index (χ1) is 11.6. The van der Waals surface area contributed by atoms with Crippen LogP contribution in [0.25, 0.3) is 0 Å². The fourth-order valence-electron chi connectivity index (χ4n) is 2.82. The van der Waals surface area contributed by atoms with Crippen molar-refractivity contribution in [2.45, 2.75) is 19.8 Å². The summed E-state index contributed by atoms with van der Waals surface area (Å²) in [5.41, 5.74) is 2.39. The Hall–Kier alpha value is -2.40. The number of amides is 1. The van der Waals surface area contributed by atoms with E-state index in [9.17, 15) is 4.79 Å². The van der Waals surface area contributed by atoms with Gasteiger partial charge in [0.1, 0.15) is 11.5 Å². The van der Waals surface area contributed by atoms with Gasteiger partial charge in [0.2, 0.25) is 0 Å². The number of benzene rings is 1. The number of hydrogen-bond donors (Lipinski definition) is 1. The molecule has 1 fully saturated rings. The van der Waals surface area contributed by atoms with E-state index in [4.69, 9.17) is 4.74 Å². The van der Waals surface area contributed by atoms with Crippen molar-refractivity contribution >= 4 is 17.4 Å². The van der Waals surface area contributed by atoms with Gasteiger partial charge in [-0.15, -0.1) is 0 Å². The van der Waals surface area contributed by atoms with Gasteiger partial charge in [0.05, 0.1) is 13.2 Å². The zero-order valence-electron chi connectivity index (χ0n) is 14.2. The molecule has 1 aliphatic heterocycles. The van der Waals surface area contributed by atoms with Gasteiger partial charge < -0.3 is 15.0 Å². The molecule has 1 amide bonds. The van der Waals surface area contributed by atoms with Crippen LogP contribution in [0.5, 0.6) is 0 Å². The van der Waals surface area contributed by atoms with Crippen molar-refractivity contribution in [3.8, 4) is 0 Å². The molecule has 0 spiro atoms. The summed E-state index contributed by atoms with van der Waals surface area (Å²) in [5, 5.41) is 2.99. The third-order valence-corrected chi connectivity index (χ3v) is 4.13. The molecule has 0 atom stereocenters. The Morgan fingerprint density at radius 2 is 1.88 bits per heavy atom. The molecule has 24 heavy (non-hydrogen) atoms. The van der Waals surface area contributed by atoms with E-state index in [-0.39, 0.29) is 5.91 Å². The van der Waals surface area contributed by atoms with Gasteiger partial charge in [-0.1, -0.05) is 38.1 Å². The maximum Gasteiger partial charge on any atom is 0.274 e. The van der Waals surface area contributed by atoms with Gasteiger partial charge in [-0.2, -0.15) is 0 Å². The number of anilines is 2. The van der Waals surface area contributed by atoms with Gasteiger partial charge in [-0.3, -0.25) is 4.79 Å². The molecular formula is C19H23N3O2. The molecular weight excluding hydrogens is 302 g/mol. The van der Waals surface area contributed by atoms with Gasteiger partial charge >= 0.3 is 0 Å². The monoisotopic (exact) mass is 325 g/mol. The third-order valence-electron chi connectivity index (χ3n) is 4.13. The Morgan fingerprint density at radius 3 is 2.62 bits per heavy atom. The van der Waals surface area contributed by atoms with Crippen molar-refractivity contribution in [1.82, 2.24) is 4.98 Å². The van der Waals surface area contributed by atoms with Crippen LogP contribution in [0, 0.1) is 0 Å². The Bertz CT molecular complexity index is 709. The summed E-state index contributed by atoms with van der Waals surface area (Å²) in [7, 11) is 0. The number of carbonyl (C=O) groups excluding carboxylic acids is 1. The number of nitrogens with zero attached hydrogens (tertiary/aromatic N) is 2. The Labute approximate surface area is 142 Å². The highest BCUT2D eigenvalue weighted by Gasteiger charge is 2.16. The lowest BCUT2D eigenvalue weighted by atomic mass is 10.0. The van der Waals surface area contributed by atoms with Crippen LogP contribution >= 0.6 is 0 Å². The summed E-state index contributed by atoms with van der Waals surface area (Å²) >= 11 is 0. The molecule has 126 valence electrons. The van der Waals surface area contributed by atoms with Crippen LogP contribution in [0.3, 0.4) is 0 Å². The van der Waals surface area contributed by atoms with Crippen LogP contribution in [-0.2, 0) is 4.74 Å². The first kappa shape index (κ1) is 16.5. The van der Waals surface area contributed by atoms with Crippen molar-refractivity contribution in [3.05, 3.63) is 53.7 Å². The van der Waals surface area contributed by atoms with Gasteiger partial charge in [-0.05, 0) is 29.7 Å². The number of para-hydroxylation sites is 1. The van der Waals surface area contributed by atoms with Gasteiger partial charge in [0.25, 0.3) is 5.91 Å². The van der Waals surface area contributed by atoms with Crippen LogP contribution in [0.1, 0.15) is 35.8 Å². The van der Waals surface area contributed by atoms with Crippen molar-refractivity contribution in [2.75, 3.05) is 36.5 Å². The second-order valence-corrected chi connectivity index (χ2v) is 6.18. The largest absolute Gasteiger partial charge is 0.378 e. The standard InChI is InChI=1S/C19H23N3O2/c1-14(2)15-6-3-4-7-16(15)21-19(23)17-8-5-9-18(20-17)22-10-12-24-13-11-22/h3-9,14H,10-13H2,1-2H3,(H,21,23). The zero-order valence-corrected chi connectivity index (χ0v) is 14.2.